The molecule has 0 unspecified atom stereocenters. The number of hydrogen-bond donors (Lipinski definition) is 0. The van der Waals surface area contributed by atoms with Gasteiger partial charge < -0.3 is 0 Å². The van der Waals surface area contributed by atoms with Crippen LogP contribution < -0.4 is 0 Å². The van der Waals surface area contributed by atoms with E-state index in [9.17, 15) is 4.39 Å². The van der Waals surface area contributed by atoms with Crippen molar-refractivity contribution in [1.29, 1.82) is 0 Å². The van der Waals surface area contributed by atoms with Gasteiger partial charge in [0.1, 0.15) is 11.5 Å². The number of nitrogens with zero attached hydrogens (tertiary/aromatic N) is 3. The molecule has 0 aliphatic rings. The van der Waals surface area contributed by atoms with Crippen LogP contribution in [0.5, 0.6) is 0 Å². The third-order valence-electron chi connectivity index (χ3n) is 5.17. The highest BCUT2D eigenvalue weighted by Crippen LogP contribution is 2.34. The first-order valence-electron chi connectivity index (χ1n) is 9.46. The van der Waals surface area contributed by atoms with Crippen molar-refractivity contribution in [3.05, 3.63) is 89.3 Å². The molecule has 0 atom stereocenters. The number of halogens is 2. The highest BCUT2D eigenvalue weighted by atomic mass is 35.5. The molecule has 0 aliphatic carbocycles. The molecular formula is C24H17ClFN3. The van der Waals surface area contributed by atoms with Gasteiger partial charge in [0, 0.05) is 27.6 Å². The average molecular weight is 402 g/mol. The fraction of sp³-hybridized carbons (Fsp3) is 0.0833. The Balaban J connectivity index is 1.88. The van der Waals surface area contributed by atoms with Crippen molar-refractivity contribution in [3.8, 4) is 16.9 Å². The lowest BCUT2D eigenvalue weighted by Gasteiger charge is -2.07. The summed E-state index contributed by atoms with van der Waals surface area (Å²) in [6.45, 7) is 2.13. The Bertz CT molecular complexity index is 1340. The van der Waals surface area contributed by atoms with Gasteiger partial charge in [0.2, 0.25) is 0 Å². The summed E-state index contributed by atoms with van der Waals surface area (Å²) in [5, 5.41) is 7.55. The number of aryl methyl sites for hydroxylation is 1. The molecule has 0 saturated heterocycles. The predicted octanol–water partition coefficient (Wildman–Crippen LogP) is 6.60. The quantitative estimate of drug-likeness (QED) is 0.341. The molecule has 142 valence electrons. The summed E-state index contributed by atoms with van der Waals surface area (Å²) in [6.07, 6.45) is 2.79. The van der Waals surface area contributed by atoms with E-state index < -0.39 is 0 Å². The second kappa shape index (κ2) is 6.98. The fourth-order valence-corrected chi connectivity index (χ4v) is 3.77. The molecule has 2 heterocycles. The third kappa shape index (κ3) is 3.06. The standard InChI is InChI=1S/C24H17ClFN3/c1-2-15-3-12-22-20(13-15)24-21(14-27-22)23(16-4-6-17(25)7-5-16)28-29(24)19-10-8-18(26)9-11-19/h3-14H,2H2,1H3. The lowest BCUT2D eigenvalue weighted by Crippen LogP contribution is -1.97. The first kappa shape index (κ1) is 17.8. The monoisotopic (exact) mass is 401 g/mol. The summed E-state index contributed by atoms with van der Waals surface area (Å²) in [4.78, 5) is 4.67. The van der Waals surface area contributed by atoms with E-state index in [1.165, 1.54) is 17.7 Å². The normalized spacial score (nSPS) is 11.4. The molecule has 0 amide bonds. The SMILES string of the molecule is CCc1ccc2ncc3c(-c4ccc(Cl)cc4)nn(-c4ccc(F)cc4)c3c2c1. The van der Waals surface area contributed by atoms with Gasteiger partial charge in [-0.1, -0.05) is 36.7 Å². The summed E-state index contributed by atoms with van der Waals surface area (Å²) >= 11 is 6.07. The first-order valence-corrected chi connectivity index (χ1v) is 9.84. The largest absolute Gasteiger partial charge is 0.255 e. The topological polar surface area (TPSA) is 30.7 Å². The van der Waals surface area contributed by atoms with E-state index in [1.807, 2.05) is 41.2 Å². The molecular weight excluding hydrogens is 385 g/mol. The maximum atomic E-state index is 13.5. The van der Waals surface area contributed by atoms with E-state index in [4.69, 9.17) is 16.7 Å². The molecule has 3 nitrogen and oxygen atoms in total. The van der Waals surface area contributed by atoms with Crippen molar-refractivity contribution in [3.63, 3.8) is 0 Å². The maximum absolute atomic E-state index is 13.5. The number of hydrogen-bond acceptors (Lipinski definition) is 2. The van der Waals surface area contributed by atoms with Crippen molar-refractivity contribution in [2.24, 2.45) is 0 Å². The number of pyridine rings is 1. The first-order chi connectivity index (χ1) is 14.1. The van der Waals surface area contributed by atoms with Gasteiger partial charge in [0.15, 0.2) is 0 Å². The van der Waals surface area contributed by atoms with Crippen molar-refractivity contribution in [2.45, 2.75) is 13.3 Å². The van der Waals surface area contributed by atoms with Crippen LogP contribution in [0, 0.1) is 5.82 Å². The van der Waals surface area contributed by atoms with Crippen LogP contribution in [-0.4, -0.2) is 14.8 Å². The molecule has 0 spiro atoms. The summed E-state index contributed by atoms with van der Waals surface area (Å²) in [6, 6.07) is 20.3. The van der Waals surface area contributed by atoms with E-state index >= 15 is 0 Å². The van der Waals surface area contributed by atoms with Crippen LogP contribution in [0.3, 0.4) is 0 Å². The summed E-state index contributed by atoms with van der Waals surface area (Å²) in [5.41, 5.74) is 5.66. The van der Waals surface area contributed by atoms with E-state index in [-0.39, 0.29) is 5.82 Å². The summed E-state index contributed by atoms with van der Waals surface area (Å²) in [5.74, 6) is -0.275. The molecule has 5 rings (SSSR count). The molecule has 5 aromatic rings. The molecule has 0 fully saturated rings. The van der Waals surface area contributed by atoms with E-state index in [0.717, 1.165) is 45.2 Å². The minimum Gasteiger partial charge on any atom is -0.255 e. The minimum atomic E-state index is -0.275. The average Bonchev–Trinajstić information content (AvgIpc) is 3.14. The van der Waals surface area contributed by atoms with Crippen molar-refractivity contribution in [2.75, 3.05) is 0 Å². The Hall–Kier alpha value is -3.24. The zero-order chi connectivity index (χ0) is 20.0. The van der Waals surface area contributed by atoms with Gasteiger partial charge in [-0.25, -0.2) is 9.07 Å². The van der Waals surface area contributed by atoms with Crippen LogP contribution in [0.25, 0.3) is 38.8 Å². The summed E-state index contributed by atoms with van der Waals surface area (Å²) < 4.78 is 15.4. The zero-order valence-electron chi connectivity index (χ0n) is 15.7. The molecule has 5 heteroatoms. The molecule has 0 radical (unpaired) electrons. The number of benzene rings is 3. The van der Waals surface area contributed by atoms with E-state index in [1.54, 1.807) is 12.1 Å². The van der Waals surface area contributed by atoms with Crippen LogP contribution in [0.2, 0.25) is 5.02 Å². The fourth-order valence-electron chi connectivity index (χ4n) is 3.64. The Kier molecular flexibility index (Phi) is 4.29. The molecule has 0 bridgehead atoms. The van der Waals surface area contributed by atoms with Crippen LogP contribution in [0.1, 0.15) is 12.5 Å². The molecule has 0 aliphatic heterocycles. The van der Waals surface area contributed by atoms with Gasteiger partial charge in [-0.15, -0.1) is 0 Å². The molecule has 3 aromatic carbocycles. The second-order valence-electron chi connectivity index (χ2n) is 6.97. The molecule has 2 aromatic heterocycles. The Labute approximate surface area is 172 Å². The lowest BCUT2D eigenvalue weighted by molar-refractivity contribution is 0.627. The number of aromatic nitrogens is 3. The Morgan fingerprint density at radius 2 is 1.69 bits per heavy atom. The highest BCUT2D eigenvalue weighted by molar-refractivity contribution is 6.30. The smallest absolute Gasteiger partial charge is 0.123 e. The Morgan fingerprint density at radius 3 is 2.41 bits per heavy atom. The Morgan fingerprint density at radius 1 is 0.931 bits per heavy atom. The van der Waals surface area contributed by atoms with Gasteiger partial charge in [0.05, 0.1) is 16.7 Å². The third-order valence-corrected chi connectivity index (χ3v) is 5.42. The summed E-state index contributed by atoms with van der Waals surface area (Å²) in [7, 11) is 0. The van der Waals surface area contributed by atoms with E-state index in [0.29, 0.717) is 5.02 Å². The zero-order valence-corrected chi connectivity index (χ0v) is 16.5. The predicted molar refractivity (Wildman–Crippen MR) is 116 cm³/mol. The van der Waals surface area contributed by atoms with Gasteiger partial charge in [0.25, 0.3) is 0 Å². The maximum Gasteiger partial charge on any atom is 0.123 e. The number of fused-ring (bicyclic) bond motifs is 3. The van der Waals surface area contributed by atoms with Gasteiger partial charge >= 0.3 is 0 Å². The van der Waals surface area contributed by atoms with Gasteiger partial charge in [-0.2, -0.15) is 5.10 Å². The van der Waals surface area contributed by atoms with Crippen LogP contribution in [0.15, 0.2) is 72.9 Å². The molecule has 0 N–H and O–H groups in total. The minimum absolute atomic E-state index is 0.275. The van der Waals surface area contributed by atoms with Crippen molar-refractivity contribution >= 4 is 33.4 Å². The van der Waals surface area contributed by atoms with Crippen LogP contribution >= 0.6 is 11.6 Å². The van der Waals surface area contributed by atoms with Crippen molar-refractivity contribution in [1.82, 2.24) is 14.8 Å². The van der Waals surface area contributed by atoms with Crippen LogP contribution in [0.4, 0.5) is 4.39 Å². The highest BCUT2D eigenvalue weighted by Gasteiger charge is 2.17. The lowest BCUT2D eigenvalue weighted by atomic mass is 10.0. The second-order valence-corrected chi connectivity index (χ2v) is 7.41. The van der Waals surface area contributed by atoms with Crippen molar-refractivity contribution < 1.29 is 4.39 Å². The number of rotatable bonds is 3. The van der Waals surface area contributed by atoms with Crippen LogP contribution in [-0.2, 0) is 6.42 Å². The van der Waals surface area contributed by atoms with E-state index in [2.05, 4.69) is 24.0 Å². The molecule has 29 heavy (non-hydrogen) atoms. The van der Waals surface area contributed by atoms with Gasteiger partial charge in [-0.05, 0) is 60.5 Å². The molecule has 0 saturated carbocycles. The van der Waals surface area contributed by atoms with Gasteiger partial charge in [-0.3, -0.25) is 4.98 Å².